The van der Waals surface area contributed by atoms with Crippen LogP contribution in [0.15, 0.2) is 42.2 Å². The van der Waals surface area contributed by atoms with Crippen molar-refractivity contribution in [2.45, 2.75) is 6.92 Å². The van der Waals surface area contributed by atoms with E-state index >= 15 is 0 Å². The van der Waals surface area contributed by atoms with Crippen LogP contribution in [0.25, 0.3) is 6.08 Å². The summed E-state index contributed by atoms with van der Waals surface area (Å²) in [4.78, 5) is 12.3. The fourth-order valence-electron chi connectivity index (χ4n) is 2.18. The zero-order valence-electron chi connectivity index (χ0n) is 11.7. The van der Waals surface area contributed by atoms with Crippen LogP contribution in [-0.4, -0.2) is 12.4 Å². The molecule has 22 heavy (non-hydrogen) atoms. The molecule has 0 radical (unpaired) electrons. The van der Waals surface area contributed by atoms with Gasteiger partial charge in [-0.15, -0.1) is 0 Å². The number of halogens is 2. The van der Waals surface area contributed by atoms with Crippen molar-refractivity contribution in [2.24, 2.45) is 0 Å². The maximum atomic E-state index is 12.3. The van der Waals surface area contributed by atoms with Gasteiger partial charge in [-0.25, -0.2) is 0 Å². The number of ether oxygens (including phenoxy) is 2. The molecule has 0 N–H and O–H groups in total. The average Bonchev–Trinajstić information content (AvgIpc) is 2.78. The molecule has 2 aromatic carbocycles. The molecule has 1 aliphatic heterocycles. The van der Waals surface area contributed by atoms with Crippen molar-refractivity contribution in [3.05, 3.63) is 63.3 Å². The second-order valence-corrected chi connectivity index (χ2v) is 5.54. The highest BCUT2D eigenvalue weighted by Gasteiger charge is 2.27. The average molecular weight is 335 g/mol. The summed E-state index contributed by atoms with van der Waals surface area (Å²) in [5.74, 6) is 1.21. The Bertz CT molecular complexity index is 781. The SMILES string of the molecule is CCOc1ccc2c(c1)OC(=Cc1ccc(Cl)cc1Cl)C2=O. The normalized spacial score (nSPS) is 14.9. The topological polar surface area (TPSA) is 35.5 Å². The summed E-state index contributed by atoms with van der Waals surface area (Å²) in [6.45, 7) is 2.45. The molecule has 0 amide bonds. The summed E-state index contributed by atoms with van der Waals surface area (Å²) >= 11 is 12.0. The summed E-state index contributed by atoms with van der Waals surface area (Å²) in [6, 6.07) is 10.2. The second-order valence-electron chi connectivity index (χ2n) is 4.70. The lowest BCUT2D eigenvalue weighted by molar-refractivity contribution is 0.101. The van der Waals surface area contributed by atoms with E-state index in [1.165, 1.54) is 0 Å². The lowest BCUT2D eigenvalue weighted by Gasteiger charge is -2.04. The van der Waals surface area contributed by atoms with E-state index in [4.69, 9.17) is 32.7 Å². The maximum Gasteiger partial charge on any atom is 0.231 e. The highest BCUT2D eigenvalue weighted by Crippen LogP contribution is 2.35. The number of Topliss-reactive ketones (excluding diaryl/α,β-unsaturated/α-hetero) is 1. The maximum absolute atomic E-state index is 12.3. The van der Waals surface area contributed by atoms with E-state index in [9.17, 15) is 4.79 Å². The minimum absolute atomic E-state index is 0.177. The Labute approximate surface area is 138 Å². The van der Waals surface area contributed by atoms with Crippen molar-refractivity contribution in [1.82, 2.24) is 0 Å². The van der Waals surface area contributed by atoms with Crippen LogP contribution in [0, 0.1) is 0 Å². The zero-order chi connectivity index (χ0) is 15.7. The monoisotopic (exact) mass is 334 g/mol. The Morgan fingerprint density at radius 1 is 1.18 bits per heavy atom. The number of ketones is 1. The van der Waals surface area contributed by atoms with Gasteiger partial charge in [0.25, 0.3) is 0 Å². The summed E-state index contributed by atoms with van der Waals surface area (Å²) < 4.78 is 11.0. The molecule has 5 heteroatoms. The first kappa shape index (κ1) is 14.9. The number of hydrogen-bond donors (Lipinski definition) is 0. The smallest absolute Gasteiger partial charge is 0.231 e. The van der Waals surface area contributed by atoms with Gasteiger partial charge < -0.3 is 9.47 Å². The lowest BCUT2D eigenvalue weighted by Crippen LogP contribution is -1.98. The van der Waals surface area contributed by atoms with Crippen LogP contribution in [0.4, 0.5) is 0 Å². The predicted molar refractivity (Wildman–Crippen MR) is 87.0 cm³/mol. The number of rotatable bonds is 3. The molecule has 0 saturated heterocycles. The molecule has 3 nitrogen and oxygen atoms in total. The highest BCUT2D eigenvalue weighted by atomic mass is 35.5. The Hall–Kier alpha value is -1.97. The van der Waals surface area contributed by atoms with Gasteiger partial charge in [-0.05, 0) is 42.8 Å². The summed E-state index contributed by atoms with van der Waals surface area (Å²) in [6.07, 6.45) is 1.61. The Morgan fingerprint density at radius 2 is 2.00 bits per heavy atom. The molecular weight excluding hydrogens is 323 g/mol. The van der Waals surface area contributed by atoms with E-state index in [1.54, 1.807) is 42.5 Å². The van der Waals surface area contributed by atoms with Gasteiger partial charge in [-0.3, -0.25) is 4.79 Å². The minimum Gasteiger partial charge on any atom is -0.494 e. The zero-order valence-corrected chi connectivity index (χ0v) is 13.2. The Morgan fingerprint density at radius 3 is 2.73 bits per heavy atom. The molecule has 112 valence electrons. The van der Waals surface area contributed by atoms with E-state index in [0.717, 1.165) is 0 Å². The van der Waals surface area contributed by atoms with E-state index < -0.39 is 0 Å². The van der Waals surface area contributed by atoms with Gasteiger partial charge in [-0.1, -0.05) is 29.3 Å². The molecule has 1 heterocycles. The van der Waals surface area contributed by atoms with Crippen molar-refractivity contribution in [1.29, 1.82) is 0 Å². The molecule has 2 aromatic rings. The van der Waals surface area contributed by atoms with Crippen molar-refractivity contribution in [3.63, 3.8) is 0 Å². The van der Waals surface area contributed by atoms with Gasteiger partial charge in [0.15, 0.2) is 5.76 Å². The molecule has 1 aliphatic rings. The van der Waals surface area contributed by atoms with Gasteiger partial charge in [-0.2, -0.15) is 0 Å². The van der Waals surface area contributed by atoms with Crippen molar-refractivity contribution >= 4 is 35.1 Å². The third-order valence-electron chi connectivity index (χ3n) is 3.20. The minimum atomic E-state index is -0.177. The summed E-state index contributed by atoms with van der Waals surface area (Å²) in [5, 5.41) is 0.998. The summed E-state index contributed by atoms with van der Waals surface area (Å²) in [5.41, 5.74) is 1.19. The van der Waals surface area contributed by atoms with Crippen LogP contribution >= 0.6 is 23.2 Å². The van der Waals surface area contributed by atoms with E-state index in [2.05, 4.69) is 0 Å². The number of benzene rings is 2. The van der Waals surface area contributed by atoms with Crippen LogP contribution in [0.2, 0.25) is 10.0 Å². The Kier molecular flexibility index (Phi) is 4.10. The number of hydrogen-bond acceptors (Lipinski definition) is 3. The Balaban J connectivity index is 1.94. The number of allylic oxidation sites excluding steroid dienone is 1. The first-order valence-corrected chi connectivity index (χ1v) is 7.50. The molecule has 0 spiro atoms. The van der Waals surface area contributed by atoms with Crippen LogP contribution in [0.5, 0.6) is 11.5 Å². The first-order valence-electron chi connectivity index (χ1n) is 6.74. The molecule has 0 unspecified atom stereocenters. The van der Waals surface area contributed by atoms with Gasteiger partial charge in [0, 0.05) is 16.1 Å². The van der Waals surface area contributed by atoms with E-state index in [1.807, 2.05) is 6.92 Å². The molecule has 0 aliphatic carbocycles. The van der Waals surface area contributed by atoms with Crippen molar-refractivity contribution in [3.8, 4) is 11.5 Å². The molecule has 0 fully saturated rings. The van der Waals surface area contributed by atoms with E-state index in [-0.39, 0.29) is 11.5 Å². The van der Waals surface area contributed by atoms with Crippen molar-refractivity contribution < 1.29 is 14.3 Å². The quantitative estimate of drug-likeness (QED) is 0.740. The molecule has 3 rings (SSSR count). The molecular formula is C17H12Cl2O3. The third kappa shape index (κ3) is 2.82. The molecule has 0 saturated carbocycles. The molecule has 0 atom stereocenters. The third-order valence-corrected chi connectivity index (χ3v) is 3.76. The molecule has 0 aromatic heterocycles. The second kappa shape index (κ2) is 6.03. The van der Waals surface area contributed by atoms with Crippen molar-refractivity contribution in [2.75, 3.05) is 6.61 Å². The van der Waals surface area contributed by atoms with Gasteiger partial charge >= 0.3 is 0 Å². The first-order chi connectivity index (χ1) is 10.6. The van der Waals surface area contributed by atoms with Crippen LogP contribution in [0.1, 0.15) is 22.8 Å². The predicted octanol–water partition coefficient (Wildman–Crippen LogP) is 5.01. The molecule has 0 bridgehead atoms. The number of fused-ring (bicyclic) bond motifs is 1. The lowest BCUT2D eigenvalue weighted by atomic mass is 10.1. The number of carbonyl (C=O) groups excluding carboxylic acids is 1. The largest absolute Gasteiger partial charge is 0.494 e. The fraction of sp³-hybridized carbons (Fsp3) is 0.118. The van der Waals surface area contributed by atoms with Crippen LogP contribution in [-0.2, 0) is 0 Å². The van der Waals surface area contributed by atoms with Gasteiger partial charge in [0.2, 0.25) is 5.78 Å². The fourth-order valence-corrected chi connectivity index (χ4v) is 2.65. The summed E-state index contributed by atoms with van der Waals surface area (Å²) in [7, 11) is 0. The number of carbonyl (C=O) groups is 1. The van der Waals surface area contributed by atoms with Crippen LogP contribution in [0.3, 0.4) is 0 Å². The van der Waals surface area contributed by atoms with E-state index in [0.29, 0.717) is 39.3 Å². The van der Waals surface area contributed by atoms with Gasteiger partial charge in [0.05, 0.1) is 12.2 Å². The standard InChI is InChI=1S/C17H12Cl2O3/c1-2-21-12-5-6-13-15(9-12)22-16(17(13)20)7-10-3-4-11(18)8-14(10)19/h3-9H,2H2,1H3. The highest BCUT2D eigenvalue weighted by molar-refractivity contribution is 6.35. The van der Waals surface area contributed by atoms with Gasteiger partial charge in [0.1, 0.15) is 11.5 Å². The van der Waals surface area contributed by atoms with Crippen LogP contribution < -0.4 is 9.47 Å².